The van der Waals surface area contributed by atoms with E-state index in [9.17, 15) is 8.42 Å². The molecule has 6 heteroatoms. The summed E-state index contributed by atoms with van der Waals surface area (Å²) in [5.74, 6) is 0.627. The van der Waals surface area contributed by atoms with Crippen LogP contribution in [-0.4, -0.2) is 58.2 Å². The molecule has 0 unspecified atom stereocenters. The Labute approximate surface area is 132 Å². The van der Waals surface area contributed by atoms with Crippen molar-refractivity contribution >= 4 is 9.84 Å². The average molecular weight is 325 g/mol. The third-order valence-electron chi connectivity index (χ3n) is 4.44. The number of ether oxygens (including phenoxy) is 2. The summed E-state index contributed by atoms with van der Waals surface area (Å²) in [5, 5.41) is 0. The Balaban J connectivity index is 1.47. The summed E-state index contributed by atoms with van der Waals surface area (Å²) in [5.41, 5.74) is 0. The van der Waals surface area contributed by atoms with Crippen LogP contribution in [0.4, 0.5) is 0 Å². The molecule has 2 fully saturated rings. The molecule has 0 aromatic heterocycles. The third kappa shape index (κ3) is 3.87. The van der Waals surface area contributed by atoms with Crippen LogP contribution in [0.25, 0.3) is 0 Å². The molecule has 0 N–H and O–H groups in total. The Hall–Kier alpha value is -0.950. The fourth-order valence-corrected chi connectivity index (χ4v) is 4.40. The van der Waals surface area contributed by atoms with E-state index in [4.69, 9.17) is 9.47 Å². The topological polar surface area (TPSA) is 55.8 Å². The average Bonchev–Trinajstić information content (AvgIpc) is 3.09. The third-order valence-corrected chi connectivity index (χ3v) is 6.15. The van der Waals surface area contributed by atoms with Gasteiger partial charge < -0.3 is 14.4 Å². The molecule has 1 aromatic carbocycles. The molecule has 0 saturated carbocycles. The van der Waals surface area contributed by atoms with Crippen LogP contribution in [-0.2, 0) is 19.3 Å². The van der Waals surface area contributed by atoms with Crippen LogP contribution in [0.3, 0.4) is 0 Å². The van der Waals surface area contributed by atoms with Gasteiger partial charge in [-0.1, -0.05) is 18.2 Å². The molecule has 0 aliphatic carbocycles. The predicted molar refractivity (Wildman–Crippen MR) is 83.4 cm³/mol. The lowest BCUT2D eigenvalue weighted by Crippen LogP contribution is -2.40. The first kappa shape index (κ1) is 15.9. The van der Waals surface area contributed by atoms with Crippen molar-refractivity contribution in [2.24, 2.45) is 5.92 Å². The SMILES string of the molecule is O=S(=O)(CCN1CCC(C2OCCO2)CC1)c1ccccc1. The quantitative estimate of drug-likeness (QED) is 0.822. The summed E-state index contributed by atoms with van der Waals surface area (Å²) in [6.45, 7) is 3.81. The monoisotopic (exact) mass is 325 g/mol. The largest absolute Gasteiger partial charge is 0.350 e. The highest BCUT2D eigenvalue weighted by atomic mass is 32.2. The summed E-state index contributed by atoms with van der Waals surface area (Å²) in [6, 6.07) is 8.68. The lowest BCUT2D eigenvalue weighted by atomic mass is 9.96. The Bertz CT molecular complexity index is 561. The molecule has 22 heavy (non-hydrogen) atoms. The van der Waals surface area contributed by atoms with E-state index in [1.807, 2.05) is 6.07 Å². The van der Waals surface area contributed by atoms with Gasteiger partial charge in [-0.3, -0.25) is 0 Å². The van der Waals surface area contributed by atoms with Crippen molar-refractivity contribution in [2.75, 3.05) is 38.6 Å². The van der Waals surface area contributed by atoms with E-state index in [0.717, 1.165) is 25.9 Å². The molecule has 2 aliphatic heterocycles. The highest BCUT2D eigenvalue weighted by Gasteiger charge is 2.30. The molecule has 3 rings (SSSR count). The minimum absolute atomic E-state index is 0.0461. The van der Waals surface area contributed by atoms with E-state index in [-0.39, 0.29) is 12.0 Å². The summed E-state index contributed by atoms with van der Waals surface area (Å²) in [6.07, 6.45) is 1.97. The van der Waals surface area contributed by atoms with Crippen molar-refractivity contribution in [2.45, 2.75) is 24.0 Å². The molecule has 0 bridgehead atoms. The number of nitrogens with zero attached hydrogens (tertiary/aromatic N) is 1. The molecule has 2 heterocycles. The van der Waals surface area contributed by atoms with Gasteiger partial charge in [0.25, 0.3) is 0 Å². The lowest BCUT2D eigenvalue weighted by Gasteiger charge is -2.33. The lowest BCUT2D eigenvalue weighted by molar-refractivity contribution is -0.0970. The fourth-order valence-electron chi connectivity index (χ4n) is 3.09. The van der Waals surface area contributed by atoms with Gasteiger partial charge in [0.2, 0.25) is 0 Å². The second-order valence-corrected chi connectivity index (χ2v) is 8.03. The maximum Gasteiger partial charge on any atom is 0.179 e. The summed E-state index contributed by atoms with van der Waals surface area (Å²) >= 11 is 0. The molecule has 0 atom stereocenters. The van der Waals surface area contributed by atoms with E-state index >= 15 is 0 Å². The van der Waals surface area contributed by atoms with E-state index in [0.29, 0.717) is 30.6 Å². The zero-order valence-corrected chi connectivity index (χ0v) is 13.5. The van der Waals surface area contributed by atoms with Crippen molar-refractivity contribution in [1.82, 2.24) is 4.90 Å². The van der Waals surface area contributed by atoms with Crippen LogP contribution >= 0.6 is 0 Å². The number of sulfone groups is 1. The van der Waals surface area contributed by atoms with Gasteiger partial charge in [-0.05, 0) is 38.1 Å². The molecule has 0 amide bonds. The van der Waals surface area contributed by atoms with E-state index < -0.39 is 9.84 Å². The molecule has 1 aromatic rings. The molecule has 0 spiro atoms. The number of hydrogen-bond donors (Lipinski definition) is 0. The summed E-state index contributed by atoms with van der Waals surface area (Å²) < 4.78 is 35.7. The van der Waals surface area contributed by atoms with Gasteiger partial charge in [0.1, 0.15) is 0 Å². The number of rotatable bonds is 5. The number of likely N-dealkylation sites (tertiary alicyclic amines) is 1. The second-order valence-electron chi connectivity index (χ2n) is 5.92. The minimum atomic E-state index is -3.18. The van der Waals surface area contributed by atoms with E-state index in [2.05, 4.69) is 4.90 Å². The normalized spacial score (nSPS) is 22.2. The van der Waals surface area contributed by atoms with Crippen molar-refractivity contribution in [3.05, 3.63) is 30.3 Å². The summed E-state index contributed by atoms with van der Waals surface area (Å²) in [7, 11) is -3.18. The van der Waals surface area contributed by atoms with Crippen molar-refractivity contribution in [3.63, 3.8) is 0 Å². The molecule has 5 nitrogen and oxygen atoms in total. The van der Waals surface area contributed by atoms with Gasteiger partial charge in [-0.15, -0.1) is 0 Å². The van der Waals surface area contributed by atoms with Gasteiger partial charge in [0, 0.05) is 12.5 Å². The van der Waals surface area contributed by atoms with Crippen LogP contribution in [0.2, 0.25) is 0 Å². The zero-order chi connectivity index (χ0) is 15.4. The van der Waals surface area contributed by atoms with Crippen LogP contribution in [0.15, 0.2) is 35.2 Å². The van der Waals surface area contributed by atoms with Crippen LogP contribution in [0.5, 0.6) is 0 Å². The van der Waals surface area contributed by atoms with Crippen LogP contribution in [0.1, 0.15) is 12.8 Å². The smallest absolute Gasteiger partial charge is 0.179 e. The predicted octanol–water partition coefficient (Wildman–Crippen LogP) is 1.55. The highest BCUT2D eigenvalue weighted by molar-refractivity contribution is 7.91. The van der Waals surface area contributed by atoms with Gasteiger partial charge >= 0.3 is 0 Å². The minimum Gasteiger partial charge on any atom is -0.350 e. The fraction of sp³-hybridized carbons (Fsp3) is 0.625. The maximum atomic E-state index is 12.3. The van der Waals surface area contributed by atoms with E-state index in [1.54, 1.807) is 24.3 Å². The zero-order valence-electron chi connectivity index (χ0n) is 12.7. The van der Waals surface area contributed by atoms with Crippen LogP contribution < -0.4 is 0 Å². The maximum absolute atomic E-state index is 12.3. The Morgan fingerprint density at radius 3 is 2.32 bits per heavy atom. The molecule has 2 aliphatic rings. The standard InChI is InChI=1S/C16H23NO4S/c18-22(19,15-4-2-1-3-5-15)13-10-17-8-6-14(7-9-17)16-20-11-12-21-16/h1-5,14,16H,6-13H2. The number of piperidine rings is 1. The first-order chi connectivity index (χ1) is 10.6. The van der Waals surface area contributed by atoms with Crippen molar-refractivity contribution < 1.29 is 17.9 Å². The molecular formula is C16H23NO4S. The molecule has 122 valence electrons. The Kier molecular flexibility index (Phi) is 5.13. The number of benzene rings is 1. The first-order valence-corrected chi connectivity index (χ1v) is 9.54. The van der Waals surface area contributed by atoms with Crippen LogP contribution in [0, 0.1) is 5.92 Å². The van der Waals surface area contributed by atoms with Gasteiger partial charge in [0.05, 0.1) is 23.9 Å². The molecular weight excluding hydrogens is 302 g/mol. The van der Waals surface area contributed by atoms with Crippen molar-refractivity contribution in [1.29, 1.82) is 0 Å². The van der Waals surface area contributed by atoms with E-state index in [1.165, 1.54) is 0 Å². The summed E-state index contributed by atoms with van der Waals surface area (Å²) in [4.78, 5) is 2.64. The second kappa shape index (κ2) is 7.08. The Morgan fingerprint density at radius 2 is 1.68 bits per heavy atom. The Morgan fingerprint density at radius 1 is 1.05 bits per heavy atom. The molecule has 2 saturated heterocycles. The first-order valence-electron chi connectivity index (χ1n) is 7.88. The number of hydrogen-bond acceptors (Lipinski definition) is 5. The highest BCUT2D eigenvalue weighted by Crippen LogP contribution is 2.25. The molecule has 0 radical (unpaired) electrons. The van der Waals surface area contributed by atoms with Crippen molar-refractivity contribution in [3.8, 4) is 0 Å². The van der Waals surface area contributed by atoms with Gasteiger partial charge in [-0.2, -0.15) is 0 Å². The van der Waals surface area contributed by atoms with Gasteiger partial charge in [-0.25, -0.2) is 8.42 Å². The van der Waals surface area contributed by atoms with Gasteiger partial charge in [0.15, 0.2) is 16.1 Å².